The molecule has 3 aliphatic heterocycles. The summed E-state index contributed by atoms with van der Waals surface area (Å²) in [5.74, 6) is 2.03. The summed E-state index contributed by atoms with van der Waals surface area (Å²) in [6, 6.07) is 2.20. The van der Waals surface area contributed by atoms with Crippen molar-refractivity contribution in [1.29, 1.82) is 0 Å². The van der Waals surface area contributed by atoms with Crippen molar-refractivity contribution in [2.45, 2.75) is 77.3 Å². The third-order valence-corrected chi connectivity index (χ3v) is 7.19. The van der Waals surface area contributed by atoms with Crippen LogP contribution in [0.15, 0.2) is 10.9 Å². The van der Waals surface area contributed by atoms with Crippen LogP contribution in [0.2, 0.25) is 0 Å². The molecule has 0 aliphatic carbocycles. The van der Waals surface area contributed by atoms with Crippen molar-refractivity contribution in [3.63, 3.8) is 0 Å². The van der Waals surface area contributed by atoms with Crippen LogP contribution in [0, 0.1) is 5.92 Å². The molecule has 1 aromatic heterocycles. The van der Waals surface area contributed by atoms with E-state index in [2.05, 4.69) is 18.7 Å². The van der Waals surface area contributed by atoms with E-state index in [4.69, 9.17) is 4.98 Å². The maximum absolute atomic E-state index is 12.9. The van der Waals surface area contributed by atoms with Gasteiger partial charge in [0.25, 0.3) is 5.56 Å². The second kappa shape index (κ2) is 8.36. The minimum atomic E-state index is 0.0859. The Bertz CT molecular complexity index is 774. The van der Waals surface area contributed by atoms with Gasteiger partial charge in [-0.2, -0.15) is 0 Å². The summed E-state index contributed by atoms with van der Waals surface area (Å²) in [4.78, 5) is 34.7. The molecule has 0 saturated carbocycles. The number of rotatable bonds is 3. The van der Waals surface area contributed by atoms with Crippen LogP contribution in [-0.4, -0.2) is 57.5 Å². The van der Waals surface area contributed by atoms with Crippen LogP contribution in [-0.2, 0) is 17.8 Å². The molecule has 0 spiro atoms. The van der Waals surface area contributed by atoms with Gasteiger partial charge in [0.05, 0.1) is 12.2 Å². The van der Waals surface area contributed by atoms with Gasteiger partial charge in [-0.3, -0.25) is 19.1 Å². The van der Waals surface area contributed by atoms with E-state index in [0.717, 1.165) is 63.3 Å². The number of fused-ring (bicyclic) bond motifs is 1. The Morgan fingerprint density at radius 2 is 1.96 bits per heavy atom. The molecular formula is C22H34N4O2. The Hall–Kier alpha value is -1.69. The highest BCUT2D eigenvalue weighted by atomic mass is 16.2. The fourth-order valence-electron chi connectivity index (χ4n) is 5.09. The summed E-state index contributed by atoms with van der Waals surface area (Å²) < 4.78 is 1.85. The number of aromatic nitrogens is 2. The van der Waals surface area contributed by atoms with Crippen molar-refractivity contribution >= 4 is 5.91 Å². The second-order valence-electron chi connectivity index (χ2n) is 9.05. The Labute approximate surface area is 167 Å². The maximum atomic E-state index is 12.9. The predicted molar refractivity (Wildman–Crippen MR) is 109 cm³/mol. The van der Waals surface area contributed by atoms with Crippen molar-refractivity contribution in [2.24, 2.45) is 5.92 Å². The standard InChI is InChI=1S/C22H34N4O2/c1-16-7-6-10-24(17(16)2)15-22(28)25-12-9-18(14-25)19-13-21(27)26-11-5-3-4-8-20(26)23-19/h13,16-18H,3-12,14-15H2,1-2H3/t16-,17+,18-/m0/s1. The third-order valence-electron chi connectivity index (χ3n) is 7.19. The van der Waals surface area contributed by atoms with Gasteiger partial charge in [-0.1, -0.05) is 13.3 Å². The van der Waals surface area contributed by atoms with E-state index >= 15 is 0 Å². The first-order valence-electron chi connectivity index (χ1n) is 11.2. The van der Waals surface area contributed by atoms with Crippen LogP contribution in [0.3, 0.4) is 0 Å². The quantitative estimate of drug-likeness (QED) is 0.800. The summed E-state index contributed by atoms with van der Waals surface area (Å²) in [5.41, 5.74) is 0.983. The number of hydrogen-bond acceptors (Lipinski definition) is 4. The lowest BCUT2D eigenvalue weighted by Crippen LogP contribution is -2.48. The SMILES string of the molecule is C[C@@H]1[C@@H](C)CCCN1CC(=O)N1CC[C@H](c2cc(=O)n3c(n2)CCCCC3)C1. The van der Waals surface area contributed by atoms with E-state index < -0.39 is 0 Å². The van der Waals surface area contributed by atoms with E-state index in [9.17, 15) is 9.59 Å². The van der Waals surface area contributed by atoms with Crippen LogP contribution in [0.1, 0.15) is 69.8 Å². The van der Waals surface area contributed by atoms with Gasteiger partial charge in [-0.25, -0.2) is 4.98 Å². The first-order valence-corrected chi connectivity index (χ1v) is 11.2. The fourth-order valence-corrected chi connectivity index (χ4v) is 5.09. The van der Waals surface area contributed by atoms with E-state index in [1.54, 1.807) is 6.07 Å². The number of carbonyl (C=O) groups excluding carboxylic acids is 1. The van der Waals surface area contributed by atoms with Crippen LogP contribution >= 0.6 is 0 Å². The monoisotopic (exact) mass is 386 g/mol. The smallest absolute Gasteiger partial charge is 0.253 e. The number of hydrogen-bond donors (Lipinski definition) is 0. The average molecular weight is 387 g/mol. The highest BCUT2D eigenvalue weighted by molar-refractivity contribution is 5.78. The topological polar surface area (TPSA) is 58.4 Å². The lowest BCUT2D eigenvalue weighted by molar-refractivity contribution is -0.132. The van der Waals surface area contributed by atoms with Crippen LogP contribution < -0.4 is 5.56 Å². The number of nitrogens with zero attached hydrogens (tertiary/aromatic N) is 4. The molecule has 0 N–H and O–H groups in total. The third kappa shape index (κ3) is 4.02. The molecule has 154 valence electrons. The van der Waals surface area contributed by atoms with E-state index in [0.29, 0.717) is 25.0 Å². The van der Waals surface area contributed by atoms with Gasteiger partial charge < -0.3 is 4.90 Å². The lowest BCUT2D eigenvalue weighted by Gasteiger charge is -2.38. The van der Waals surface area contributed by atoms with Gasteiger partial charge in [0.2, 0.25) is 5.91 Å². The second-order valence-corrected chi connectivity index (χ2v) is 9.05. The molecule has 3 atom stereocenters. The van der Waals surface area contributed by atoms with Gasteiger partial charge in [0.1, 0.15) is 5.82 Å². The summed E-state index contributed by atoms with van der Waals surface area (Å²) >= 11 is 0. The molecule has 28 heavy (non-hydrogen) atoms. The Kier molecular flexibility index (Phi) is 5.85. The van der Waals surface area contributed by atoms with Gasteiger partial charge >= 0.3 is 0 Å². The first kappa shape index (κ1) is 19.6. The Morgan fingerprint density at radius 1 is 1.11 bits per heavy atom. The zero-order valence-electron chi connectivity index (χ0n) is 17.4. The van der Waals surface area contributed by atoms with E-state index in [-0.39, 0.29) is 17.4 Å². The molecule has 4 heterocycles. The molecule has 1 aromatic rings. The van der Waals surface area contributed by atoms with Crippen molar-refractivity contribution in [3.8, 4) is 0 Å². The summed E-state index contributed by atoms with van der Waals surface area (Å²) in [6.45, 7) is 8.36. The molecule has 3 aliphatic rings. The van der Waals surface area contributed by atoms with E-state index in [1.165, 1.54) is 12.8 Å². The molecule has 0 unspecified atom stereocenters. The van der Waals surface area contributed by atoms with Crippen molar-refractivity contribution < 1.29 is 4.79 Å². The zero-order chi connectivity index (χ0) is 19.7. The Balaban J connectivity index is 1.41. The number of aryl methyl sites for hydroxylation is 1. The van der Waals surface area contributed by atoms with Gasteiger partial charge in [-0.05, 0) is 51.5 Å². The summed E-state index contributed by atoms with van der Waals surface area (Å²) in [6.07, 6.45) is 7.58. The largest absolute Gasteiger partial charge is 0.341 e. The average Bonchev–Trinajstić information content (AvgIpc) is 3.05. The lowest BCUT2D eigenvalue weighted by atomic mass is 9.92. The number of amides is 1. The number of likely N-dealkylation sites (tertiary alicyclic amines) is 2. The molecule has 2 saturated heterocycles. The molecule has 0 radical (unpaired) electrons. The van der Waals surface area contributed by atoms with Crippen LogP contribution in [0.4, 0.5) is 0 Å². The fraction of sp³-hybridized carbons (Fsp3) is 0.773. The Morgan fingerprint density at radius 3 is 2.82 bits per heavy atom. The van der Waals surface area contributed by atoms with Gasteiger partial charge in [0.15, 0.2) is 0 Å². The number of carbonyl (C=O) groups is 1. The van der Waals surface area contributed by atoms with Gasteiger partial charge in [-0.15, -0.1) is 0 Å². The molecule has 0 aromatic carbocycles. The highest BCUT2D eigenvalue weighted by Gasteiger charge is 2.32. The minimum absolute atomic E-state index is 0.0859. The first-order chi connectivity index (χ1) is 13.5. The van der Waals surface area contributed by atoms with Crippen molar-refractivity contribution in [2.75, 3.05) is 26.2 Å². The molecule has 1 amide bonds. The zero-order valence-corrected chi connectivity index (χ0v) is 17.4. The van der Waals surface area contributed by atoms with Crippen molar-refractivity contribution in [1.82, 2.24) is 19.4 Å². The molecular weight excluding hydrogens is 352 g/mol. The summed E-state index contributed by atoms with van der Waals surface area (Å²) in [5, 5.41) is 0. The van der Waals surface area contributed by atoms with Crippen LogP contribution in [0.5, 0.6) is 0 Å². The maximum Gasteiger partial charge on any atom is 0.253 e. The number of piperidine rings is 1. The van der Waals surface area contributed by atoms with Gasteiger partial charge in [0, 0.05) is 44.1 Å². The summed E-state index contributed by atoms with van der Waals surface area (Å²) in [7, 11) is 0. The molecule has 4 rings (SSSR count). The molecule has 6 heteroatoms. The normalized spacial score (nSPS) is 28.8. The van der Waals surface area contributed by atoms with Crippen molar-refractivity contribution in [3.05, 3.63) is 27.9 Å². The molecule has 0 bridgehead atoms. The van der Waals surface area contributed by atoms with Crippen LogP contribution in [0.25, 0.3) is 0 Å². The highest BCUT2D eigenvalue weighted by Crippen LogP contribution is 2.27. The van der Waals surface area contributed by atoms with E-state index in [1.807, 2.05) is 9.47 Å². The molecule has 2 fully saturated rings. The predicted octanol–water partition coefficient (Wildman–Crippen LogP) is 2.41. The molecule has 6 nitrogen and oxygen atoms in total. The minimum Gasteiger partial charge on any atom is -0.341 e.